The number of aryl methyl sites for hydroxylation is 1. The van der Waals surface area contributed by atoms with Crippen molar-refractivity contribution in [3.63, 3.8) is 0 Å². The number of carbonyl (C=O) groups excluding carboxylic acids is 2. The lowest BCUT2D eigenvalue weighted by atomic mass is 10.1. The van der Waals surface area contributed by atoms with Crippen molar-refractivity contribution < 1.29 is 9.59 Å². The van der Waals surface area contributed by atoms with Crippen LogP contribution in [0.3, 0.4) is 0 Å². The van der Waals surface area contributed by atoms with E-state index in [1.165, 1.54) is 16.2 Å². The van der Waals surface area contributed by atoms with E-state index < -0.39 is 5.91 Å². The Hall–Kier alpha value is -1.89. The van der Waals surface area contributed by atoms with E-state index in [2.05, 4.69) is 5.32 Å². The maximum Gasteiger partial charge on any atom is 0.251 e. The van der Waals surface area contributed by atoms with Crippen LogP contribution in [0.25, 0.3) is 0 Å². The molecule has 5 nitrogen and oxygen atoms in total. The Morgan fingerprint density at radius 3 is 2.68 bits per heavy atom. The number of likely N-dealkylation sites (N-methyl/N-ethyl adjacent to an activating group) is 1. The van der Waals surface area contributed by atoms with Crippen LogP contribution < -0.4 is 11.1 Å². The predicted octanol–water partition coefficient (Wildman–Crippen LogP) is 3.06. The first-order valence-corrected chi connectivity index (χ1v) is 9.30. The Labute approximate surface area is 155 Å². The molecule has 0 bridgehead atoms. The summed E-state index contributed by atoms with van der Waals surface area (Å²) in [6, 6.07) is 7.53. The maximum absolute atomic E-state index is 12.3. The van der Waals surface area contributed by atoms with Gasteiger partial charge in [0, 0.05) is 16.4 Å². The van der Waals surface area contributed by atoms with E-state index in [1.807, 2.05) is 36.2 Å². The van der Waals surface area contributed by atoms with Crippen LogP contribution in [0, 0.1) is 0 Å². The van der Waals surface area contributed by atoms with Gasteiger partial charge in [-0.2, -0.15) is 0 Å². The predicted molar refractivity (Wildman–Crippen MR) is 101 cm³/mol. The number of hydrogen-bond donors (Lipinski definition) is 2. The third-order valence-corrected chi connectivity index (χ3v) is 5.66. The highest BCUT2D eigenvalue weighted by atomic mass is 35.5. The van der Waals surface area contributed by atoms with E-state index in [-0.39, 0.29) is 12.5 Å². The van der Waals surface area contributed by atoms with Crippen LogP contribution >= 0.6 is 22.9 Å². The van der Waals surface area contributed by atoms with Crippen LogP contribution in [0.4, 0.5) is 5.00 Å². The lowest BCUT2D eigenvalue weighted by Crippen LogP contribution is -2.30. The molecule has 0 aliphatic heterocycles. The molecule has 0 atom stereocenters. The van der Waals surface area contributed by atoms with E-state index in [0.29, 0.717) is 22.1 Å². The summed E-state index contributed by atoms with van der Waals surface area (Å²) >= 11 is 7.35. The molecule has 2 amide bonds. The summed E-state index contributed by atoms with van der Waals surface area (Å²) in [5, 5.41) is 4.14. The van der Waals surface area contributed by atoms with Crippen LogP contribution in [0.2, 0.25) is 5.02 Å². The number of halogens is 1. The number of thiophene rings is 1. The number of benzene rings is 1. The van der Waals surface area contributed by atoms with Gasteiger partial charge < -0.3 is 11.1 Å². The highest BCUT2D eigenvalue weighted by Gasteiger charge is 2.26. The molecule has 1 aliphatic rings. The summed E-state index contributed by atoms with van der Waals surface area (Å²) < 4.78 is 0. The van der Waals surface area contributed by atoms with Crippen molar-refractivity contribution in [3.05, 3.63) is 50.9 Å². The number of hydrogen-bond acceptors (Lipinski definition) is 4. The van der Waals surface area contributed by atoms with Gasteiger partial charge in [-0.3, -0.25) is 14.5 Å². The molecule has 0 radical (unpaired) electrons. The molecule has 0 saturated heterocycles. The number of primary amides is 1. The Morgan fingerprint density at radius 2 is 2.00 bits per heavy atom. The molecule has 0 fully saturated rings. The molecular formula is C18H20ClN3O2S. The molecule has 1 aromatic carbocycles. The molecule has 2 aromatic rings. The van der Waals surface area contributed by atoms with Crippen molar-refractivity contribution in [3.8, 4) is 0 Å². The average Bonchev–Trinajstić information content (AvgIpc) is 3.09. The lowest BCUT2D eigenvalue weighted by Gasteiger charge is -2.16. The maximum atomic E-state index is 12.3. The van der Waals surface area contributed by atoms with Crippen molar-refractivity contribution in [1.29, 1.82) is 0 Å². The van der Waals surface area contributed by atoms with E-state index in [0.717, 1.165) is 30.4 Å². The van der Waals surface area contributed by atoms with Gasteiger partial charge in [-0.05, 0) is 49.6 Å². The Kier molecular flexibility index (Phi) is 5.42. The molecular weight excluding hydrogens is 358 g/mol. The summed E-state index contributed by atoms with van der Waals surface area (Å²) in [4.78, 5) is 27.2. The number of nitrogens with two attached hydrogens (primary N) is 1. The largest absolute Gasteiger partial charge is 0.365 e. The minimum atomic E-state index is -0.468. The highest BCUT2D eigenvalue weighted by molar-refractivity contribution is 7.17. The van der Waals surface area contributed by atoms with Gasteiger partial charge in [-0.1, -0.05) is 23.7 Å². The Morgan fingerprint density at radius 1 is 1.28 bits per heavy atom. The molecule has 0 unspecified atom stereocenters. The van der Waals surface area contributed by atoms with E-state index in [4.69, 9.17) is 17.3 Å². The summed E-state index contributed by atoms with van der Waals surface area (Å²) in [6.45, 7) is 0.859. The number of amides is 2. The molecule has 1 heterocycles. The first-order valence-electron chi connectivity index (χ1n) is 8.11. The van der Waals surface area contributed by atoms with Crippen LogP contribution in [0.15, 0.2) is 24.3 Å². The monoisotopic (exact) mass is 377 g/mol. The number of nitrogens with one attached hydrogen (secondary N) is 1. The third-order valence-electron chi connectivity index (χ3n) is 4.20. The van der Waals surface area contributed by atoms with Crippen LogP contribution in [-0.2, 0) is 24.2 Å². The minimum Gasteiger partial charge on any atom is -0.365 e. The van der Waals surface area contributed by atoms with E-state index in [9.17, 15) is 9.59 Å². The topological polar surface area (TPSA) is 75.4 Å². The van der Waals surface area contributed by atoms with Crippen molar-refractivity contribution >= 4 is 39.8 Å². The normalized spacial score (nSPS) is 13.1. The van der Waals surface area contributed by atoms with Crippen LogP contribution in [0.1, 0.15) is 32.8 Å². The molecule has 3 rings (SSSR count). The third kappa shape index (κ3) is 4.21. The second kappa shape index (κ2) is 7.56. The summed E-state index contributed by atoms with van der Waals surface area (Å²) in [6.07, 6.45) is 2.85. The average molecular weight is 378 g/mol. The molecule has 0 saturated carbocycles. The molecule has 7 heteroatoms. The summed E-state index contributed by atoms with van der Waals surface area (Å²) in [5.74, 6) is -0.622. The van der Waals surface area contributed by atoms with E-state index in [1.54, 1.807) is 0 Å². The Bertz CT molecular complexity index is 801. The van der Waals surface area contributed by atoms with Gasteiger partial charge in [0.25, 0.3) is 5.91 Å². The minimum absolute atomic E-state index is 0.154. The first-order chi connectivity index (χ1) is 11.9. The van der Waals surface area contributed by atoms with Gasteiger partial charge in [0.2, 0.25) is 5.91 Å². The number of nitrogens with zero attached hydrogens (tertiary/aromatic N) is 1. The quantitative estimate of drug-likeness (QED) is 0.812. The summed E-state index contributed by atoms with van der Waals surface area (Å²) in [5.41, 5.74) is 8.10. The second-order valence-electron chi connectivity index (χ2n) is 6.27. The zero-order valence-corrected chi connectivity index (χ0v) is 15.5. The smallest absolute Gasteiger partial charge is 0.251 e. The SMILES string of the molecule is CN(CC(=O)Nc1sc2c(c1C(N)=O)CCC2)Cc1ccc(Cl)cc1. The fraction of sp³-hybridized carbons (Fsp3) is 0.333. The number of carbonyl (C=O) groups is 2. The second-order valence-corrected chi connectivity index (χ2v) is 7.81. The van der Waals surface area contributed by atoms with Gasteiger partial charge in [0.1, 0.15) is 5.00 Å². The van der Waals surface area contributed by atoms with Crippen LogP contribution in [0.5, 0.6) is 0 Å². The molecule has 132 valence electrons. The standard InChI is InChI=1S/C18H20ClN3O2S/c1-22(9-11-5-7-12(19)8-6-11)10-15(23)21-18-16(17(20)24)13-3-2-4-14(13)25-18/h5-8H,2-4,9-10H2,1H3,(H2,20,24)(H,21,23). The lowest BCUT2D eigenvalue weighted by molar-refractivity contribution is -0.117. The van der Waals surface area contributed by atoms with Crippen LogP contribution in [-0.4, -0.2) is 30.3 Å². The van der Waals surface area contributed by atoms with Gasteiger partial charge >= 0.3 is 0 Å². The van der Waals surface area contributed by atoms with Gasteiger partial charge in [0.05, 0.1) is 12.1 Å². The first kappa shape index (κ1) is 17.9. The molecule has 1 aromatic heterocycles. The van der Waals surface area contributed by atoms with Crippen molar-refractivity contribution in [2.24, 2.45) is 5.73 Å². The molecule has 0 spiro atoms. The zero-order valence-electron chi connectivity index (χ0n) is 14.0. The molecule has 1 aliphatic carbocycles. The number of fused-ring (bicyclic) bond motifs is 1. The highest BCUT2D eigenvalue weighted by Crippen LogP contribution is 2.38. The summed E-state index contributed by atoms with van der Waals surface area (Å²) in [7, 11) is 1.87. The number of rotatable bonds is 6. The molecule has 25 heavy (non-hydrogen) atoms. The van der Waals surface area contributed by atoms with Gasteiger partial charge in [-0.25, -0.2) is 0 Å². The van der Waals surface area contributed by atoms with Gasteiger partial charge in [-0.15, -0.1) is 11.3 Å². The van der Waals surface area contributed by atoms with E-state index >= 15 is 0 Å². The van der Waals surface area contributed by atoms with Crippen molar-refractivity contribution in [1.82, 2.24) is 4.90 Å². The molecule has 3 N–H and O–H groups in total. The fourth-order valence-corrected chi connectivity index (χ4v) is 4.56. The van der Waals surface area contributed by atoms with Gasteiger partial charge in [0.15, 0.2) is 0 Å². The fourth-order valence-electron chi connectivity index (χ4n) is 3.12. The van der Waals surface area contributed by atoms with Crippen molar-refractivity contribution in [2.45, 2.75) is 25.8 Å². The Balaban J connectivity index is 1.63. The van der Waals surface area contributed by atoms with Crippen molar-refractivity contribution in [2.75, 3.05) is 18.9 Å². The zero-order chi connectivity index (χ0) is 18.0. The number of anilines is 1.